The second-order valence-corrected chi connectivity index (χ2v) is 5.99. The molecule has 2 heterocycles. The smallest absolute Gasteiger partial charge is 0.464 e. The molecule has 0 fully saturated rings. The van der Waals surface area contributed by atoms with Gasteiger partial charge in [0.2, 0.25) is 5.88 Å². The number of nitrogens with zero attached hydrogens (tertiary/aromatic N) is 3. The van der Waals surface area contributed by atoms with Crippen molar-refractivity contribution in [3.8, 4) is 17.1 Å². The summed E-state index contributed by atoms with van der Waals surface area (Å²) in [4.78, 5) is 22.0. The number of hydrogen-bond donors (Lipinski definition) is 0. The molecule has 0 bridgehead atoms. The number of carbonyl (C=O) groups is 1. The van der Waals surface area contributed by atoms with E-state index in [4.69, 9.17) is 20.8 Å². The molecule has 0 saturated carbocycles. The van der Waals surface area contributed by atoms with E-state index < -0.39 is 18.1 Å². The van der Waals surface area contributed by atoms with E-state index in [9.17, 15) is 18.0 Å². The zero-order valence-corrected chi connectivity index (χ0v) is 15.8. The molecule has 0 aliphatic rings. The van der Waals surface area contributed by atoms with Crippen LogP contribution in [0.5, 0.6) is 5.75 Å². The van der Waals surface area contributed by atoms with Gasteiger partial charge in [-0.1, -0.05) is 11.6 Å². The lowest BCUT2D eigenvalue weighted by Gasteiger charge is -2.18. The number of methoxy groups -OCH3 is 1. The number of anilines is 2. The average molecular weight is 428 g/mol. The molecule has 0 atom stereocenters. The fourth-order valence-electron chi connectivity index (χ4n) is 2.39. The van der Waals surface area contributed by atoms with Gasteiger partial charge in [0.25, 0.3) is 0 Å². The third-order valence-corrected chi connectivity index (χ3v) is 4.06. The van der Waals surface area contributed by atoms with E-state index in [-0.39, 0.29) is 22.4 Å². The first kappa shape index (κ1) is 20.5. The number of aromatic nitrogens is 2. The minimum atomic E-state index is -4.81. The van der Waals surface area contributed by atoms with E-state index >= 15 is 0 Å². The summed E-state index contributed by atoms with van der Waals surface area (Å²) in [7, 11) is 2.78. The summed E-state index contributed by atoms with van der Waals surface area (Å²) in [6.07, 6.45) is -3.36. The first-order chi connectivity index (χ1) is 13.7. The van der Waals surface area contributed by atoms with Gasteiger partial charge in [-0.25, -0.2) is 14.8 Å². The summed E-state index contributed by atoms with van der Waals surface area (Å²) < 4.78 is 50.9. The van der Waals surface area contributed by atoms with Crippen molar-refractivity contribution in [3.63, 3.8) is 0 Å². The van der Waals surface area contributed by atoms with Crippen molar-refractivity contribution in [2.75, 3.05) is 19.1 Å². The number of benzene rings is 1. The molecule has 0 unspecified atom stereocenters. The fraction of sp³-hybridized carbons (Fsp3) is 0.167. The molecule has 152 valence electrons. The second-order valence-electron chi connectivity index (χ2n) is 5.61. The Morgan fingerprint density at radius 2 is 1.86 bits per heavy atom. The summed E-state index contributed by atoms with van der Waals surface area (Å²) >= 11 is 6.30. The summed E-state index contributed by atoms with van der Waals surface area (Å²) in [5, 5.41) is -0.0727. The van der Waals surface area contributed by atoms with E-state index in [1.165, 1.54) is 30.4 Å². The lowest BCUT2D eigenvalue weighted by Crippen LogP contribution is -2.17. The maximum absolute atomic E-state index is 12.3. The van der Waals surface area contributed by atoms with Crippen LogP contribution in [0.1, 0.15) is 10.5 Å². The molecule has 2 aromatic heterocycles. The maximum Gasteiger partial charge on any atom is 0.573 e. The van der Waals surface area contributed by atoms with Crippen molar-refractivity contribution in [2.24, 2.45) is 0 Å². The summed E-state index contributed by atoms with van der Waals surface area (Å²) in [6.45, 7) is 0. The van der Waals surface area contributed by atoms with Crippen LogP contribution in [0.4, 0.5) is 24.9 Å². The van der Waals surface area contributed by atoms with Crippen molar-refractivity contribution in [1.82, 2.24) is 9.97 Å². The first-order valence-corrected chi connectivity index (χ1v) is 8.36. The van der Waals surface area contributed by atoms with Gasteiger partial charge >= 0.3 is 12.3 Å². The number of alkyl halides is 3. The van der Waals surface area contributed by atoms with Crippen LogP contribution in [0.25, 0.3) is 11.4 Å². The van der Waals surface area contributed by atoms with Crippen molar-refractivity contribution in [1.29, 1.82) is 0 Å². The summed E-state index contributed by atoms with van der Waals surface area (Å²) in [5.41, 5.74) is 0.124. The highest BCUT2D eigenvalue weighted by molar-refractivity contribution is 6.35. The normalized spacial score (nSPS) is 11.2. The monoisotopic (exact) mass is 427 g/mol. The van der Waals surface area contributed by atoms with E-state index in [1.54, 1.807) is 19.2 Å². The quantitative estimate of drug-likeness (QED) is 0.539. The van der Waals surface area contributed by atoms with Gasteiger partial charge in [-0.05, 0) is 30.3 Å². The Bertz CT molecular complexity index is 1010. The molecule has 0 aliphatic heterocycles. The Kier molecular flexibility index (Phi) is 5.64. The minimum absolute atomic E-state index is 0.0433. The van der Waals surface area contributed by atoms with Gasteiger partial charge in [0.1, 0.15) is 10.8 Å². The van der Waals surface area contributed by atoms with E-state index in [0.29, 0.717) is 11.4 Å². The molecule has 1 aromatic carbocycles. The Morgan fingerprint density at radius 1 is 1.17 bits per heavy atom. The van der Waals surface area contributed by atoms with Crippen LogP contribution in [-0.4, -0.2) is 36.5 Å². The summed E-state index contributed by atoms with van der Waals surface area (Å²) in [6, 6.07) is 8.16. The second kappa shape index (κ2) is 8.00. The Labute approximate surface area is 167 Å². The van der Waals surface area contributed by atoms with Crippen molar-refractivity contribution < 1.29 is 31.9 Å². The van der Waals surface area contributed by atoms with Crippen LogP contribution in [0.15, 0.2) is 47.1 Å². The highest BCUT2D eigenvalue weighted by Crippen LogP contribution is 2.34. The molecule has 0 radical (unpaired) electrons. The third-order valence-electron chi connectivity index (χ3n) is 3.71. The van der Waals surface area contributed by atoms with Crippen LogP contribution in [-0.2, 0) is 4.74 Å². The molecule has 11 heteroatoms. The van der Waals surface area contributed by atoms with E-state index in [1.807, 2.05) is 0 Å². The van der Waals surface area contributed by atoms with Crippen LogP contribution >= 0.6 is 11.6 Å². The molecule has 29 heavy (non-hydrogen) atoms. The zero-order chi connectivity index (χ0) is 21.2. The van der Waals surface area contributed by atoms with Gasteiger partial charge in [-0.3, -0.25) is 4.90 Å². The summed E-state index contributed by atoms with van der Waals surface area (Å²) in [5.74, 6) is -0.633. The van der Waals surface area contributed by atoms with Gasteiger partial charge in [0, 0.05) is 18.7 Å². The molecule has 0 aliphatic carbocycles. The van der Waals surface area contributed by atoms with Gasteiger partial charge in [-0.2, -0.15) is 0 Å². The highest BCUT2D eigenvalue weighted by atomic mass is 35.5. The standard InChI is InChI=1S/C18H13ClF3N3O4/c1-25(12-4-3-9-28-12)16-13(19)14(17(26)27-2)23-15(24-16)10-5-7-11(8-6-10)29-18(20,21)22/h3-9H,1-2H3. The average Bonchev–Trinajstić information content (AvgIpc) is 3.21. The molecule has 0 saturated heterocycles. The number of ether oxygens (including phenoxy) is 2. The van der Waals surface area contributed by atoms with Gasteiger partial charge in [-0.15, -0.1) is 13.2 Å². The number of halogens is 4. The number of rotatable bonds is 5. The molecule has 3 rings (SSSR count). The predicted molar refractivity (Wildman–Crippen MR) is 97.3 cm³/mol. The highest BCUT2D eigenvalue weighted by Gasteiger charge is 2.31. The van der Waals surface area contributed by atoms with Crippen molar-refractivity contribution in [3.05, 3.63) is 53.4 Å². The van der Waals surface area contributed by atoms with Crippen LogP contribution < -0.4 is 9.64 Å². The lowest BCUT2D eigenvalue weighted by atomic mass is 10.2. The minimum Gasteiger partial charge on any atom is -0.464 e. The van der Waals surface area contributed by atoms with E-state index in [2.05, 4.69) is 14.7 Å². The van der Waals surface area contributed by atoms with Crippen molar-refractivity contribution in [2.45, 2.75) is 6.36 Å². The third kappa shape index (κ3) is 4.60. The SMILES string of the molecule is COC(=O)c1nc(-c2ccc(OC(F)(F)F)cc2)nc(N(C)c2ccco2)c1Cl. The molecule has 7 nitrogen and oxygen atoms in total. The van der Waals surface area contributed by atoms with Crippen molar-refractivity contribution >= 4 is 29.3 Å². The first-order valence-electron chi connectivity index (χ1n) is 7.99. The number of furan rings is 1. The fourth-order valence-corrected chi connectivity index (χ4v) is 2.68. The molecule has 0 N–H and O–H groups in total. The Morgan fingerprint density at radius 3 is 2.41 bits per heavy atom. The van der Waals surface area contributed by atoms with Gasteiger partial charge in [0.15, 0.2) is 17.3 Å². The Hall–Kier alpha value is -3.27. The molecular weight excluding hydrogens is 415 g/mol. The topological polar surface area (TPSA) is 77.7 Å². The van der Waals surface area contributed by atoms with Gasteiger partial charge in [0.05, 0.1) is 13.4 Å². The largest absolute Gasteiger partial charge is 0.573 e. The molecule has 0 amide bonds. The van der Waals surface area contributed by atoms with Crippen LogP contribution in [0.3, 0.4) is 0 Å². The van der Waals surface area contributed by atoms with Crippen LogP contribution in [0.2, 0.25) is 5.02 Å². The van der Waals surface area contributed by atoms with Crippen LogP contribution in [0, 0.1) is 0 Å². The molecular formula is C18H13ClF3N3O4. The number of hydrogen-bond acceptors (Lipinski definition) is 7. The molecule has 0 spiro atoms. The lowest BCUT2D eigenvalue weighted by molar-refractivity contribution is -0.274. The number of carbonyl (C=O) groups excluding carboxylic acids is 1. The zero-order valence-electron chi connectivity index (χ0n) is 15.0. The number of esters is 1. The van der Waals surface area contributed by atoms with Gasteiger partial charge < -0.3 is 13.9 Å². The predicted octanol–water partition coefficient (Wildman–Crippen LogP) is 4.84. The van der Waals surface area contributed by atoms with E-state index in [0.717, 1.165) is 12.1 Å². The Balaban J connectivity index is 2.06. The molecule has 3 aromatic rings. The maximum atomic E-state index is 12.3.